The zero-order chi connectivity index (χ0) is 13.2. The van der Waals surface area contributed by atoms with Gasteiger partial charge in [0.25, 0.3) is 0 Å². The Labute approximate surface area is 109 Å². The molecule has 2 rings (SSSR count). The summed E-state index contributed by atoms with van der Waals surface area (Å²) in [7, 11) is 3.44. The van der Waals surface area contributed by atoms with E-state index in [1.54, 1.807) is 14.2 Å². The first-order valence-corrected chi connectivity index (χ1v) is 6.60. The number of nitrogens with one attached hydrogen (secondary N) is 1. The average Bonchev–Trinajstić information content (AvgIpc) is 3.14. The van der Waals surface area contributed by atoms with Gasteiger partial charge in [0.05, 0.1) is 19.8 Å². The van der Waals surface area contributed by atoms with E-state index in [0.29, 0.717) is 11.5 Å². The van der Waals surface area contributed by atoms with Gasteiger partial charge in [-0.2, -0.15) is 0 Å². The maximum absolute atomic E-state index is 5.52. The molecule has 0 radical (unpaired) electrons. The van der Waals surface area contributed by atoms with E-state index in [1.807, 2.05) is 18.2 Å². The van der Waals surface area contributed by atoms with Crippen LogP contribution in [0.5, 0.6) is 11.5 Å². The predicted molar refractivity (Wildman–Crippen MR) is 73.3 cm³/mol. The number of benzene rings is 1. The second-order valence-electron chi connectivity index (χ2n) is 5.22. The fourth-order valence-corrected chi connectivity index (χ4v) is 2.55. The third-order valence-corrected chi connectivity index (χ3v) is 3.90. The van der Waals surface area contributed by atoms with Crippen LogP contribution in [0.1, 0.15) is 38.3 Å². The van der Waals surface area contributed by atoms with Crippen LogP contribution in [0.3, 0.4) is 0 Å². The third-order valence-electron chi connectivity index (χ3n) is 3.90. The zero-order valence-electron chi connectivity index (χ0n) is 11.7. The summed E-state index contributed by atoms with van der Waals surface area (Å²) < 4.78 is 11.0. The molecule has 0 aromatic heterocycles. The zero-order valence-corrected chi connectivity index (χ0v) is 11.7. The summed E-state index contributed by atoms with van der Waals surface area (Å²) >= 11 is 0. The first-order chi connectivity index (χ1) is 8.66. The highest BCUT2D eigenvalue weighted by molar-refractivity contribution is 5.48. The van der Waals surface area contributed by atoms with Crippen LogP contribution in [0.2, 0.25) is 0 Å². The maximum Gasteiger partial charge on any atom is 0.127 e. The van der Waals surface area contributed by atoms with Crippen molar-refractivity contribution in [3.63, 3.8) is 0 Å². The third kappa shape index (κ3) is 2.32. The molecule has 0 heterocycles. The van der Waals surface area contributed by atoms with Gasteiger partial charge < -0.3 is 14.8 Å². The lowest BCUT2D eigenvalue weighted by Gasteiger charge is -2.28. The van der Waals surface area contributed by atoms with Crippen LogP contribution < -0.4 is 14.8 Å². The molecule has 0 bridgehead atoms. The molecule has 100 valence electrons. The first kappa shape index (κ1) is 13.2. The average molecular weight is 249 g/mol. The van der Waals surface area contributed by atoms with Crippen molar-refractivity contribution >= 4 is 0 Å². The largest absolute Gasteiger partial charge is 0.496 e. The predicted octanol–water partition coefficient (Wildman–Crippen LogP) is 3.15. The van der Waals surface area contributed by atoms with Crippen molar-refractivity contribution in [1.82, 2.24) is 5.32 Å². The molecule has 0 amide bonds. The Hall–Kier alpha value is -1.22. The van der Waals surface area contributed by atoms with E-state index in [1.165, 1.54) is 12.8 Å². The Balaban J connectivity index is 2.45. The topological polar surface area (TPSA) is 30.5 Å². The molecule has 3 nitrogen and oxygen atoms in total. The van der Waals surface area contributed by atoms with E-state index in [4.69, 9.17) is 9.47 Å². The minimum Gasteiger partial charge on any atom is -0.496 e. The summed E-state index contributed by atoms with van der Waals surface area (Å²) in [6.45, 7) is 5.41. The number of ether oxygens (including phenoxy) is 2. The SMILES string of the molecule is CCNC(c1c(OC)cccc1OC)C1(C)CC1. The van der Waals surface area contributed by atoms with E-state index >= 15 is 0 Å². The molecule has 1 aromatic rings. The number of methoxy groups -OCH3 is 2. The van der Waals surface area contributed by atoms with Crippen LogP contribution in [-0.4, -0.2) is 20.8 Å². The van der Waals surface area contributed by atoms with E-state index in [2.05, 4.69) is 19.2 Å². The van der Waals surface area contributed by atoms with Crippen LogP contribution in [0.4, 0.5) is 0 Å². The Kier molecular flexibility index (Phi) is 3.81. The highest BCUT2D eigenvalue weighted by Crippen LogP contribution is 2.57. The molecule has 1 N–H and O–H groups in total. The van der Waals surface area contributed by atoms with Crippen LogP contribution in [-0.2, 0) is 0 Å². The van der Waals surface area contributed by atoms with Crippen molar-refractivity contribution < 1.29 is 9.47 Å². The monoisotopic (exact) mass is 249 g/mol. The van der Waals surface area contributed by atoms with Gasteiger partial charge in [-0.05, 0) is 36.9 Å². The number of hydrogen-bond donors (Lipinski definition) is 1. The fraction of sp³-hybridized carbons (Fsp3) is 0.600. The van der Waals surface area contributed by atoms with E-state index in [0.717, 1.165) is 23.6 Å². The highest BCUT2D eigenvalue weighted by Gasteiger charge is 2.47. The molecule has 0 spiro atoms. The summed E-state index contributed by atoms with van der Waals surface area (Å²) in [6, 6.07) is 6.29. The molecular weight excluding hydrogens is 226 g/mol. The minimum absolute atomic E-state index is 0.300. The van der Waals surface area contributed by atoms with Gasteiger partial charge in [0.1, 0.15) is 11.5 Å². The van der Waals surface area contributed by atoms with Crippen LogP contribution in [0.15, 0.2) is 18.2 Å². The molecule has 1 unspecified atom stereocenters. The molecule has 1 aliphatic rings. The van der Waals surface area contributed by atoms with Crippen molar-refractivity contribution in [2.75, 3.05) is 20.8 Å². The molecular formula is C15H23NO2. The Morgan fingerprint density at radius 1 is 1.22 bits per heavy atom. The molecule has 1 aliphatic carbocycles. The second kappa shape index (κ2) is 5.19. The van der Waals surface area contributed by atoms with Crippen LogP contribution in [0.25, 0.3) is 0 Å². The quantitative estimate of drug-likeness (QED) is 0.840. The highest BCUT2D eigenvalue weighted by atomic mass is 16.5. The van der Waals surface area contributed by atoms with Crippen molar-refractivity contribution in [2.24, 2.45) is 5.41 Å². The number of rotatable bonds is 6. The van der Waals surface area contributed by atoms with Crippen molar-refractivity contribution in [1.29, 1.82) is 0 Å². The summed E-state index contributed by atoms with van der Waals surface area (Å²) in [5, 5.41) is 3.59. The summed E-state index contributed by atoms with van der Waals surface area (Å²) in [4.78, 5) is 0. The molecule has 1 saturated carbocycles. The minimum atomic E-state index is 0.300. The van der Waals surface area contributed by atoms with Gasteiger partial charge >= 0.3 is 0 Å². The Bertz CT molecular complexity index is 391. The van der Waals surface area contributed by atoms with Gasteiger partial charge in [-0.15, -0.1) is 0 Å². The van der Waals surface area contributed by atoms with Gasteiger partial charge in [0.15, 0.2) is 0 Å². The standard InChI is InChI=1S/C15H23NO2/c1-5-16-14(15(2)9-10-15)13-11(17-3)7-6-8-12(13)18-4/h6-8,14,16H,5,9-10H2,1-4H3. The maximum atomic E-state index is 5.52. The van der Waals surface area contributed by atoms with Crippen LogP contribution in [0, 0.1) is 5.41 Å². The summed E-state index contributed by atoms with van der Waals surface area (Å²) in [5.41, 5.74) is 1.49. The van der Waals surface area contributed by atoms with E-state index in [-0.39, 0.29) is 0 Å². The van der Waals surface area contributed by atoms with Gasteiger partial charge in [-0.3, -0.25) is 0 Å². The van der Waals surface area contributed by atoms with Gasteiger partial charge in [-0.1, -0.05) is 19.9 Å². The lowest BCUT2D eigenvalue weighted by Crippen LogP contribution is -2.28. The summed E-state index contributed by atoms with van der Waals surface area (Å²) in [5.74, 6) is 1.82. The molecule has 0 aliphatic heterocycles. The molecule has 1 aromatic carbocycles. The smallest absolute Gasteiger partial charge is 0.127 e. The lowest BCUT2D eigenvalue weighted by atomic mass is 9.90. The Morgan fingerprint density at radius 3 is 2.17 bits per heavy atom. The Morgan fingerprint density at radius 2 is 1.78 bits per heavy atom. The van der Waals surface area contributed by atoms with Gasteiger partial charge in [0.2, 0.25) is 0 Å². The molecule has 0 saturated heterocycles. The van der Waals surface area contributed by atoms with E-state index < -0.39 is 0 Å². The van der Waals surface area contributed by atoms with Crippen LogP contribution >= 0.6 is 0 Å². The molecule has 18 heavy (non-hydrogen) atoms. The van der Waals surface area contributed by atoms with Gasteiger partial charge in [-0.25, -0.2) is 0 Å². The van der Waals surface area contributed by atoms with E-state index in [9.17, 15) is 0 Å². The molecule has 3 heteroatoms. The van der Waals surface area contributed by atoms with Crippen molar-refractivity contribution in [3.8, 4) is 11.5 Å². The molecule has 1 atom stereocenters. The van der Waals surface area contributed by atoms with Gasteiger partial charge in [0, 0.05) is 6.04 Å². The lowest BCUT2D eigenvalue weighted by molar-refractivity contribution is 0.326. The van der Waals surface area contributed by atoms with Crippen molar-refractivity contribution in [2.45, 2.75) is 32.7 Å². The second-order valence-corrected chi connectivity index (χ2v) is 5.22. The normalized spacial score (nSPS) is 18.2. The fourth-order valence-electron chi connectivity index (χ4n) is 2.55. The number of hydrogen-bond acceptors (Lipinski definition) is 3. The summed E-state index contributed by atoms with van der Waals surface area (Å²) in [6.07, 6.45) is 2.51. The molecule has 1 fully saturated rings. The first-order valence-electron chi connectivity index (χ1n) is 6.60. The van der Waals surface area contributed by atoms with Crippen molar-refractivity contribution in [3.05, 3.63) is 23.8 Å².